The van der Waals surface area contributed by atoms with Gasteiger partial charge in [0.1, 0.15) is 11.6 Å². The van der Waals surface area contributed by atoms with Gasteiger partial charge in [0, 0.05) is 19.3 Å². The highest BCUT2D eigenvalue weighted by Gasteiger charge is 2.23. The SMILES string of the molecule is Cc1ccccc1-c1ccnc(N2CCOCC2)c1-c1nc2ccccc2[nH]1. The van der Waals surface area contributed by atoms with E-state index >= 15 is 0 Å². The molecule has 0 saturated carbocycles. The average Bonchev–Trinajstić information content (AvgIpc) is 3.18. The number of benzene rings is 2. The van der Waals surface area contributed by atoms with Crippen LogP contribution in [0.2, 0.25) is 0 Å². The molecule has 2 aromatic carbocycles. The van der Waals surface area contributed by atoms with E-state index in [9.17, 15) is 0 Å². The Morgan fingerprint density at radius 3 is 2.54 bits per heavy atom. The summed E-state index contributed by atoms with van der Waals surface area (Å²) in [6.07, 6.45) is 1.90. The monoisotopic (exact) mass is 370 g/mol. The molecule has 5 heteroatoms. The normalized spacial score (nSPS) is 14.5. The van der Waals surface area contributed by atoms with Gasteiger partial charge in [-0.3, -0.25) is 0 Å². The zero-order valence-electron chi connectivity index (χ0n) is 15.9. The highest BCUT2D eigenvalue weighted by Crippen LogP contribution is 2.39. The number of pyridine rings is 1. The number of nitrogens with zero attached hydrogens (tertiary/aromatic N) is 3. The van der Waals surface area contributed by atoms with E-state index in [0.29, 0.717) is 0 Å². The number of nitrogens with one attached hydrogen (secondary N) is 1. The number of hydrogen-bond acceptors (Lipinski definition) is 4. The topological polar surface area (TPSA) is 54.0 Å². The smallest absolute Gasteiger partial charge is 0.142 e. The van der Waals surface area contributed by atoms with Crippen molar-refractivity contribution < 1.29 is 4.74 Å². The summed E-state index contributed by atoms with van der Waals surface area (Å²) in [5.41, 5.74) is 6.63. The van der Waals surface area contributed by atoms with E-state index in [-0.39, 0.29) is 0 Å². The number of morpholine rings is 1. The van der Waals surface area contributed by atoms with Gasteiger partial charge in [-0.2, -0.15) is 0 Å². The van der Waals surface area contributed by atoms with Crippen LogP contribution in [0.1, 0.15) is 5.56 Å². The molecule has 1 saturated heterocycles. The molecule has 4 aromatic rings. The van der Waals surface area contributed by atoms with Crippen molar-refractivity contribution in [2.24, 2.45) is 0 Å². The molecule has 140 valence electrons. The highest BCUT2D eigenvalue weighted by molar-refractivity contribution is 5.92. The van der Waals surface area contributed by atoms with Crippen LogP contribution >= 0.6 is 0 Å². The van der Waals surface area contributed by atoms with E-state index in [0.717, 1.165) is 60.1 Å². The Morgan fingerprint density at radius 2 is 1.71 bits per heavy atom. The van der Waals surface area contributed by atoms with Crippen LogP contribution in [-0.2, 0) is 4.74 Å². The number of hydrogen-bond donors (Lipinski definition) is 1. The van der Waals surface area contributed by atoms with Gasteiger partial charge in [-0.15, -0.1) is 0 Å². The fourth-order valence-corrected chi connectivity index (χ4v) is 3.87. The molecule has 0 bridgehead atoms. The number of rotatable bonds is 3. The minimum atomic E-state index is 0.718. The quantitative estimate of drug-likeness (QED) is 0.579. The summed E-state index contributed by atoms with van der Waals surface area (Å²) in [6.45, 7) is 5.24. The predicted molar refractivity (Wildman–Crippen MR) is 113 cm³/mol. The van der Waals surface area contributed by atoms with Crippen LogP contribution in [0.5, 0.6) is 0 Å². The number of aromatic amines is 1. The molecule has 0 amide bonds. The molecule has 28 heavy (non-hydrogen) atoms. The second kappa shape index (κ2) is 7.09. The highest BCUT2D eigenvalue weighted by atomic mass is 16.5. The first-order chi connectivity index (χ1) is 13.8. The van der Waals surface area contributed by atoms with Crippen molar-refractivity contribution >= 4 is 16.9 Å². The van der Waals surface area contributed by atoms with Crippen molar-refractivity contribution in [1.29, 1.82) is 0 Å². The number of fused-ring (bicyclic) bond motifs is 1. The standard InChI is InChI=1S/C23H22N4O/c1-16-6-2-3-7-17(16)18-10-11-24-23(27-12-14-28-15-13-27)21(18)22-25-19-8-4-5-9-20(19)26-22/h2-11H,12-15H2,1H3,(H,25,26). The summed E-state index contributed by atoms with van der Waals surface area (Å²) < 4.78 is 5.56. The first-order valence-corrected chi connectivity index (χ1v) is 9.64. The lowest BCUT2D eigenvalue weighted by atomic mass is 9.96. The lowest BCUT2D eigenvalue weighted by molar-refractivity contribution is 0.122. The largest absolute Gasteiger partial charge is 0.378 e. The second-order valence-electron chi connectivity index (χ2n) is 7.07. The minimum absolute atomic E-state index is 0.718. The summed E-state index contributed by atoms with van der Waals surface area (Å²) >= 11 is 0. The van der Waals surface area contributed by atoms with Crippen molar-refractivity contribution in [1.82, 2.24) is 15.0 Å². The van der Waals surface area contributed by atoms with Gasteiger partial charge >= 0.3 is 0 Å². The zero-order chi connectivity index (χ0) is 18.9. The van der Waals surface area contributed by atoms with Gasteiger partial charge in [0.05, 0.1) is 29.8 Å². The molecule has 1 N–H and O–H groups in total. The van der Waals surface area contributed by atoms with Crippen molar-refractivity contribution in [2.45, 2.75) is 6.92 Å². The number of ether oxygens (including phenoxy) is 1. The summed E-state index contributed by atoms with van der Waals surface area (Å²) in [5.74, 6) is 1.82. The van der Waals surface area contributed by atoms with Gasteiger partial charge in [0.2, 0.25) is 0 Å². The third kappa shape index (κ3) is 2.94. The van der Waals surface area contributed by atoms with E-state index in [4.69, 9.17) is 14.7 Å². The Hall–Kier alpha value is -3.18. The third-order valence-electron chi connectivity index (χ3n) is 5.30. The van der Waals surface area contributed by atoms with Crippen molar-refractivity contribution in [3.8, 4) is 22.5 Å². The maximum atomic E-state index is 5.56. The van der Waals surface area contributed by atoms with Crippen LogP contribution in [0, 0.1) is 6.92 Å². The maximum absolute atomic E-state index is 5.56. The van der Waals surface area contributed by atoms with Gasteiger partial charge in [0.25, 0.3) is 0 Å². The summed E-state index contributed by atoms with van der Waals surface area (Å²) in [7, 11) is 0. The van der Waals surface area contributed by atoms with Crippen LogP contribution in [0.15, 0.2) is 60.8 Å². The van der Waals surface area contributed by atoms with Crippen LogP contribution in [0.25, 0.3) is 33.5 Å². The van der Waals surface area contributed by atoms with E-state index in [1.54, 1.807) is 0 Å². The summed E-state index contributed by atoms with van der Waals surface area (Å²) in [5, 5.41) is 0. The Balaban J connectivity index is 1.76. The van der Waals surface area contributed by atoms with E-state index in [1.165, 1.54) is 11.1 Å². The molecule has 0 unspecified atom stereocenters. The summed E-state index contributed by atoms with van der Waals surface area (Å²) in [6, 6.07) is 18.7. The zero-order valence-corrected chi connectivity index (χ0v) is 15.9. The van der Waals surface area contributed by atoms with Gasteiger partial charge in [-0.05, 0) is 41.8 Å². The summed E-state index contributed by atoms with van der Waals surface area (Å²) in [4.78, 5) is 15.5. The fraction of sp³-hybridized carbons (Fsp3) is 0.217. The van der Waals surface area contributed by atoms with Crippen LogP contribution < -0.4 is 4.90 Å². The second-order valence-corrected chi connectivity index (χ2v) is 7.07. The first kappa shape index (κ1) is 17.0. The molecule has 1 aliphatic heterocycles. The first-order valence-electron chi connectivity index (χ1n) is 9.64. The molecule has 0 atom stereocenters. The number of anilines is 1. The molecule has 1 fully saturated rings. The Bertz CT molecular complexity index is 1100. The lowest BCUT2D eigenvalue weighted by Crippen LogP contribution is -2.37. The average molecular weight is 370 g/mol. The van der Waals surface area contributed by atoms with Gasteiger partial charge < -0.3 is 14.6 Å². The molecule has 5 nitrogen and oxygen atoms in total. The maximum Gasteiger partial charge on any atom is 0.142 e. The van der Waals surface area contributed by atoms with Gasteiger partial charge in [-0.25, -0.2) is 9.97 Å². The molecule has 0 aliphatic carbocycles. The number of aromatic nitrogens is 3. The Labute approximate surface area is 164 Å². The fourth-order valence-electron chi connectivity index (χ4n) is 3.87. The van der Waals surface area contributed by atoms with Crippen LogP contribution in [0.4, 0.5) is 5.82 Å². The van der Waals surface area contributed by atoms with Gasteiger partial charge in [0.15, 0.2) is 0 Å². The molecule has 1 aliphatic rings. The van der Waals surface area contributed by atoms with Gasteiger partial charge in [-0.1, -0.05) is 36.4 Å². The minimum Gasteiger partial charge on any atom is -0.378 e. The molecule has 2 aromatic heterocycles. The molecular weight excluding hydrogens is 348 g/mol. The van der Waals surface area contributed by atoms with E-state index < -0.39 is 0 Å². The van der Waals surface area contributed by atoms with Crippen LogP contribution in [0.3, 0.4) is 0 Å². The Kier molecular flexibility index (Phi) is 4.29. The number of H-pyrrole nitrogens is 1. The Morgan fingerprint density at radius 1 is 0.929 bits per heavy atom. The molecule has 3 heterocycles. The number of imidazole rings is 1. The lowest BCUT2D eigenvalue weighted by Gasteiger charge is -2.30. The van der Waals surface area contributed by atoms with E-state index in [2.05, 4.69) is 53.2 Å². The van der Waals surface area contributed by atoms with Crippen LogP contribution in [-0.4, -0.2) is 41.3 Å². The predicted octanol–water partition coefficient (Wildman–Crippen LogP) is 4.44. The molecule has 5 rings (SSSR count). The van der Waals surface area contributed by atoms with Crippen molar-refractivity contribution in [2.75, 3.05) is 31.2 Å². The number of aryl methyl sites for hydroxylation is 1. The molecular formula is C23H22N4O. The third-order valence-corrected chi connectivity index (χ3v) is 5.30. The van der Waals surface area contributed by atoms with Crippen molar-refractivity contribution in [3.63, 3.8) is 0 Å². The molecule has 0 spiro atoms. The van der Waals surface area contributed by atoms with Crippen molar-refractivity contribution in [3.05, 3.63) is 66.4 Å². The molecule has 0 radical (unpaired) electrons. The van der Waals surface area contributed by atoms with E-state index in [1.807, 2.05) is 24.4 Å². The number of para-hydroxylation sites is 2.